The van der Waals surface area contributed by atoms with Gasteiger partial charge in [0.2, 0.25) is 0 Å². The van der Waals surface area contributed by atoms with Gasteiger partial charge in [-0.15, -0.1) is 0 Å². The minimum Gasteiger partial charge on any atom is -0.463 e. The molecule has 0 aromatic carbocycles. The van der Waals surface area contributed by atoms with Gasteiger partial charge in [0.05, 0.1) is 6.61 Å². The number of ketones is 1. The Labute approximate surface area is 128 Å². The Bertz CT molecular complexity index is 471. The van der Waals surface area contributed by atoms with Gasteiger partial charge in [0.1, 0.15) is 18.0 Å². The molecule has 124 valence electrons. The number of carbonyl (C=O) groups excluding carboxylic acids is 4. The fraction of sp³-hybridized carbons (Fsp3) is 0.714. The SMILES string of the molecule is CC(=O)C[C@]1(COC(C)=O)OC[C@@H](OC(C)=O)[C@@H]1OC(C)=O. The second-order valence-electron chi connectivity index (χ2n) is 5.21. The van der Waals surface area contributed by atoms with Crippen molar-refractivity contribution < 1.29 is 38.1 Å². The molecule has 22 heavy (non-hydrogen) atoms. The van der Waals surface area contributed by atoms with Crippen LogP contribution >= 0.6 is 0 Å². The zero-order valence-corrected chi connectivity index (χ0v) is 13.0. The van der Waals surface area contributed by atoms with E-state index in [9.17, 15) is 19.2 Å². The lowest BCUT2D eigenvalue weighted by atomic mass is 9.90. The molecule has 0 bridgehead atoms. The van der Waals surface area contributed by atoms with Crippen LogP contribution in [-0.4, -0.2) is 54.7 Å². The Balaban J connectivity index is 3.07. The molecule has 1 heterocycles. The summed E-state index contributed by atoms with van der Waals surface area (Å²) in [6.07, 6.45) is -2.04. The van der Waals surface area contributed by atoms with Gasteiger partial charge in [0, 0.05) is 27.2 Å². The third-order valence-electron chi connectivity index (χ3n) is 3.07. The maximum atomic E-state index is 11.5. The first-order valence-electron chi connectivity index (χ1n) is 6.77. The van der Waals surface area contributed by atoms with Crippen LogP contribution in [0.3, 0.4) is 0 Å². The molecular weight excluding hydrogens is 296 g/mol. The maximum Gasteiger partial charge on any atom is 0.303 e. The number of rotatable bonds is 6. The highest BCUT2D eigenvalue weighted by Gasteiger charge is 2.55. The third-order valence-corrected chi connectivity index (χ3v) is 3.07. The van der Waals surface area contributed by atoms with Crippen molar-refractivity contribution in [1.82, 2.24) is 0 Å². The first kappa shape index (κ1) is 18.1. The zero-order chi connectivity index (χ0) is 16.9. The quantitative estimate of drug-likeness (QED) is 0.504. The van der Waals surface area contributed by atoms with Crippen LogP contribution in [0.1, 0.15) is 34.1 Å². The molecule has 0 unspecified atom stereocenters. The number of hydrogen-bond donors (Lipinski definition) is 0. The van der Waals surface area contributed by atoms with E-state index < -0.39 is 35.7 Å². The highest BCUT2D eigenvalue weighted by atomic mass is 16.7. The Morgan fingerprint density at radius 1 is 1.00 bits per heavy atom. The van der Waals surface area contributed by atoms with Crippen molar-refractivity contribution in [2.45, 2.75) is 51.9 Å². The molecule has 1 aliphatic heterocycles. The molecule has 3 atom stereocenters. The lowest BCUT2D eigenvalue weighted by Gasteiger charge is -2.33. The molecule has 0 spiro atoms. The predicted octanol–water partition coefficient (Wildman–Crippen LogP) is 0.161. The van der Waals surface area contributed by atoms with Crippen molar-refractivity contribution >= 4 is 23.7 Å². The zero-order valence-electron chi connectivity index (χ0n) is 13.0. The first-order chi connectivity index (χ1) is 10.2. The van der Waals surface area contributed by atoms with Crippen molar-refractivity contribution in [1.29, 1.82) is 0 Å². The molecule has 1 rings (SSSR count). The van der Waals surface area contributed by atoms with Crippen molar-refractivity contribution in [3.05, 3.63) is 0 Å². The van der Waals surface area contributed by atoms with Gasteiger partial charge in [-0.2, -0.15) is 0 Å². The van der Waals surface area contributed by atoms with E-state index in [0.717, 1.165) is 0 Å². The van der Waals surface area contributed by atoms with E-state index >= 15 is 0 Å². The van der Waals surface area contributed by atoms with Crippen LogP contribution in [0, 0.1) is 0 Å². The van der Waals surface area contributed by atoms with Crippen LogP contribution in [-0.2, 0) is 38.1 Å². The van der Waals surface area contributed by atoms with Crippen LogP contribution < -0.4 is 0 Å². The van der Waals surface area contributed by atoms with Gasteiger partial charge in [0.25, 0.3) is 0 Å². The molecule has 1 saturated heterocycles. The highest BCUT2D eigenvalue weighted by molar-refractivity contribution is 5.77. The second kappa shape index (κ2) is 7.35. The number of Topliss-reactive ketones (excluding diaryl/α,β-unsaturated/α-hetero) is 1. The van der Waals surface area contributed by atoms with Gasteiger partial charge >= 0.3 is 17.9 Å². The Kier molecular flexibility index (Phi) is 6.04. The van der Waals surface area contributed by atoms with Crippen LogP contribution in [0.2, 0.25) is 0 Å². The van der Waals surface area contributed by atoms with Crippen molar-refractivity contribution in [2.24, 2.45) is 0 Å². The van der Waals surface area contributed by atoms with Crippen LogP contribution in [0.5, 0.6) is 0 Å². The summed E-state index contributed by atoms with van der Waals surface area (Å²) in [6.45, 7) is 4.60. The molecular formula is C14H20O8. The van der Waals surface area contributed by atoms with E-state index in [1.807, 2.05) is 0 Å². The standard InChI is InChI=1S/C14H20O8/c1-8(15)5-14(7-19-9(2)16)13(22-11(4)18)12(6-20-14)21-10(3)17/h12-13H,5-7H2,1-4H3/t12-,13+,14-/m1/s1. The van der Waals surface area contributed by atoms with Crippen molar-refractivity contribution in [3.63, 3.8) is 0 Å². The molecule has 0 N–H and O–H groups in total. The molecule has 0 radical (unpaired) electrons. The molecule has 0 amide bonds. The summed E-state index contributed by atoms with van der Waals surface area (Å²) >= 11 is 0. The summed E-state index contributed by atoms with van der Waals surface area (Å²) in [5.41, 5.74) is -1.36. The van der Waals surface area contributed by atoms with Gasteiger partial charge in [-0.3, -0.25) is 19.2 Å². The van der Waals surface area contributed by atoms with E-state index in [4.69, 9.17) is 18.9 Å². The summed E-state index contributed by atoms with van der Waals surface area (Å²) in [6, 6.07) is 0. The highest BCUT2D eigenvalue weighted by Crippen LogP contribution is 2.35. The normalized spacial score (nSPS) is 27.1. The number of ether oxygens (including phenoxy) is 4. The Morgan fingerprint density at radius 2 is 1.59 bits per heavy atom. The summed E-state index contributed by atoms with van der Waals surface area (Å²) in [4.78, 5) is 45.1. The van der Waals surface area contributed by atoms with Gasteiger partial charge in [-0.1, -0.05) is 0 Å². The minimum atomic E-state index is -1.36. The average Bonchev–Trinajstić information content (AvgIpc) is 2.65. The number of esters is 3. The molecule has 8 heteroatoms. The fourth-order valence-corrected chi connectivity index (χ4v) is 2.40. The molecule has 0 aromatic heterocycles. The largest absolute Gasteiger partial charge is 0.463 e. The average molecular weight is 316 g/mol. The van der Waals surface area contributed by atoms with Gasteiger partial charge in [-0.25, -0.2) is 0 Å². The molecule has 8 nitrogen and oxygen atoms in total. The molecule has 0 saturated carbocycles. The number of carbonyl (C=O) groups is 4. The van der Waals surface area contributed by atoms with Crippen molar-refractivity contribution in [2.75, 3.05) is 13.2 Å². The van der Waals surface area contributed by atoms with Crippen LogP contribution in [0.25, 0.3) is 0 Å². The Morgan fingerprint density at radius 3 is 2.05 bits per heavy atom. The third kappa shape index (κ3) is 4.80. The predicted molar refractivity (Wildman–Crippen MR) is 71.7 cm³/mol. The topological polar surface area (TPSA) is 105 Å². The van der Waals surface area contributed by atoms with E-state index in [1.165, 1.54) is 27.7 Å². The lowest BCUT2D eigenvalue weighted by Crippen LogP contribution is -2.51. The second-order valence-corrected chi connectivity index (χ2v) is 5.21. The molecule has 1 aliphatic rings. The van der Waals surface area contributed by atoms with Gasteiger partial charge in [0.15, 0.2) is 12.2 Å². The van der Waals surface area contributed by atoms with E-state index in [2.05, 4.69) is 0 Å². The van der Waals surface area contributed by atoms with Crippen LogP contribution in [0.4, 0.5) is 0 Å². The van der Waals surface area contributed by atoms with Crippen molar-refractivity contribution in [3.8, 4) is 0 Å². The Hall–Kier alpha value is -1.96. The minimum absolute atomic E-state index is 0.0634. The summed E-state index contributed by atoms with van der Waals surface area (Å²) < 4.78 is 20.8. The first-order valence-corrected chi connectivity index (χ1v) is 6.77. The van der Waals surface area contributed by atoms with E-state index in [0.29, 0.717) is 0 Å². The van der Waals surface area contributed by atoms with Crippen LogP contribution in [0.15, 0.2) is 0 Å². The van der Waals surface area contributed by atoms with Gasteiger partial charge < -0.3 is 18.9 Å². The lowest BCUT2D eigenvalue weighted by molar-refractivity contribution is -0.178. The summed E-state index contributed by atoms with van der Waals surface area (Å²) in [5, 5.41) is 0. The van der Waals surface area contributed by atoms with E-state index in [1.54, 1.807) is 0 Å². The maximum absolute atomic E-state index is 11.5. The molecule has 1 fully saturated rings. The summed E-state index contributed by atoms with van der Waals surface area (Å²) in [5.74, 6) is -2.00. The molecule has 0 aliphatic carbocycles. The van der Waals surface area contributed by atoms with E-state index in [-0.39, 0.29) is 25.4 Å². The fourth-order valence-electron chi connectivity index (χ4n) is 2.40. The monoisotopic (exact) mass is 316 g/mol. The number of hydrogen-bond acceptors (Lipinski definition) is 8. The summed E-state index contributed by atoms with van der Waals surface area (Å²) in [7, 11) is 0. The smallest absolute Gasteiger partial charge is 0.303 e. The van der Waals surface area contributed by atoms with Gasteiger partial charge in [-0.05, 0) is 6.92 Å². The molecule has 0 aromatic rings.